The number of rotatable bonds is 12. The summed E-state index contributed by atoms with van der Waals surface area (Å²) in [4.78, 5) is 33.9. The third kappa shape index (κ3) is 6.87. The second kappa shape index (κ2) is 11.3. The zero-order valence-electron chi connectivity index (χ0n) is 14.8. The second-order valence-electron chi connectivity index (χ2n) is 5.14. The van der Waals surface area contributed by atoms with E-state index < -0.39 is 42.1 Å². The summed E-state index contributed by atoms with van der Waals surface area (Å²) in [6.45, 7) is -0.904. The molecule has 3 unspecified atom stereocenters. The Balaban J connectivity index is 6.21. The molecular formula is C13H26N4O9. The first-order chi connectivity index (χ1) is 12.1. The minimum atomic E-state index is -1.94. The molecule has 13 heteroatoms. The van der Waals surface area contributed by atoms with Crippen LogP contribution in [0.2, 0.25) is 0 Å². The molecule has 0 radical (unpaired) electrons. The van der Waals surface area contributed by atoms with Crippen molar-refractivity contribution in [3.63, 3.8) is 0 Å². The molecule has 0 bridgehead atoms. The fourth-order valence-electron chi connectivity index (χ4n) is 2.34. The predicted octanol–water partition coefficient (Wildman–Crippen LogP) is -1.99. The molecule has 0 aliphatic heterocycles. The summed E-state index contributed by atoms with van der Waals surface area (Å²) in [5.74, 6) is 0. The lowest BCUT2D eigenvalue weighted by molar-refractivity contribution is -0.128. The lowest BCUT2D eigenvalue weighted by atomic mass is 9.81. The van der Waals surface area contributed by atoms with Gasteiger partial charge in [-0.15, -0.1) is 0 Å². The summed E-state index contributed by atoms with van der Waals surface area (Å²) in [6, 6.07) is 0. The van der Waals surface area contributed by atoms with E-state index in [1.165, 1.54) is 21.3 Å². The summed E-state index contributed by atoms with van der Waals surface area (Å²) >= 11 is 0. The lowest BCUT2D eigenvalue weighted by Gasteiger charge is -2.44. The standard InChI is InChI=1S/C13H26N4O9/c1-21-4-7(24-10(14)18)13(17,8(5-22-2)25-11(15)19)9(6-23-3)26-12(16)20/h7-9H,4-6,17H2,1-3H3,(H2,14,18)(H2,15,19)(H2,16,20). The second-order valence-corrected chi connectivity index (χ2v) is 5.14. The van der Waals surface area contributed by atoms with Crippen LogP contribution in [0, 0.1) is 0 Å². The van der Waals surface area contributed by atoms with Crippen LogP contribution in [-0.4, -0.2) is 83.3 Å². The van der Waals surface area contributed by atoms with Gasteiger partial charge in [-0.3, -0.25) is 0 Å². The molecule has 3 amide bonds. The van der Waals surface area contributed by atoms with Gasteiger partial charge in [-0.1, -0.05) is 0 Å². The maximum Gasteiger partial charge on any atom is 0.404 e. The molecule has 3 atom stereocenters. The van der Waals surface area contributed by atoms with Crippen LogP contribution in [0.4, 0.5) is 14.4 Å². The van der Waals surface area contributed by atoms with E-state index >= 15 is 0 Å². The third-order valence-corrected chi connectivity index (χ3v) is 3.40. The highest BCUT2D eigenvalue weighted by Gasteiger charge is 2.54. The lowest BCUT2D eigenvalue weighted by Crippen LogP contribution is -2.72. The highest BCUT2D eigenvalue weighted by Crippen LogP contribution is 2.27. The van der Waals surface area contributed by atoms with Crippen molar-refractivity contribution >= 4 is 18.3 Å². The minimum absolute atomic E-state index is 0.301. The largest absolute Gasteiger partial charge is 0.442 e. The Bertz CT molecular complexity index is 412. The van der Waals surface area contributed by atoms with Gasteiger partial charge in [0.1, 0.15) is 5.54 Å². The summed E-state index contributed by atoms with van der Waals surface area (Å²) in [5.41, 5.74) is 19.7. The van der Waals surface area contributed by atoms with E-state index in [0.717, 1.165) is 0 Å². The molecule has 152 valence electrons. The van der Waals surface area contributed by atoms with Crippen LogP contribution in [0.1, 0.15) is 0 Å². The topological polar surface area (TPSA) is 211 Å². The van der Waals surface area contributed by atoms with Crippen molar-refractivity contribution in [3.05, 3.63) is 0 Å². The van der Waals surface area contributed by atoms with E-state index in [9.17, 15) is 14.4 Å². The number of hydrogen-bond donors (Lipinski definition) is 4. The van der Waals surface area contributed by atoms with Crippen LogP contribution < -0.4 is 22.9 Å². The van der Waals surface area contributed by atoms with Gasteiger partial charge in [-0.2, -0.15) is 0 Å². The predicted molar refractivity (Wildman–Crippen MR) is 85.9 cm³/mol. The molecule has 0 aliphatic carbocycles. The van der Waals surface area contributed by atoms with E-state index in [4.69, 9.17) is 51.4 Å². The average molecular weight is 382 g/mol. The van der Waals surface area contributed by atoms with Crippen LogP contribution in [0.3, 0.4) is 0 Å². The van der Waals surface area contributed by atoms with Gasteiger partial charge in [0.25, 0.3) is 0 Å². The van der Waals surface area contributed by atoms with E-state index in [2.05, 4.69) is 0 Å². The number of carbonyl (C=O) groups excluding carboxylic acids is 3. The maximum atomic E-state index is 11.3. The smallest absolute Gasteiger partial charge is 0.404 e. The van der Waals surface area contributed by atoms with Gasteiger partial charge < -0.3 is 51.4 Å². The van der Waals surface area contributed by atoms with E-state index in [1.54, 1.807) is 0 Å². The van der Waals surface area contributed by atoms with Gasteiger partial charge in [0.2, 0.25) is 0 Å². The number of ether oxygens (including phenoxy) is 6. The van der Waals surface area contributed by atoms with E-state index in [0.29, 0.717) is 0 Å². The van der Waals surface area contributed by atoms with Gasteiger partial charge in [0, 0.05) is 21.3 Å². The first kappa shape index (κ1) is 23.6. The molecule has 0 spiro atoms. The third-order valence-electron chi connectivity index (χ3n) is 3.40. The van der Waals surface area contributed by atoms with Crippen molar-refractivity contribution in [1.29, 1.82) is 0 Å². The zero-order chi connectivity index (χ0) is 20.3. The molecule has 0 heterocycles. The van der Waals surface area contributed by atoms with Crippen LogP contribution in [0.25, 0.3) is 0 Å². The molecule has 0 aromatic carbocycles. The highest BCUT2D eigenvalue weighted by molar-refractivity contribution is 5.66. The van der Waals surface area contributed by atoms with Crippen molar-refractivity contribution in [3.8, 4) is 0 Å². The van der Waals surface area contributed by atoms with Crippen molar-refractivity contribution < 1.29 is 42.8 Å². The Kier molecular flexibility index (Phi) is 10.3. The Morgan fingerprint density at radius 1 is 0.692 bits per heavy atom. The van der Waals surface area contributed by atoms with E-state index in [-0.39, 0.29) is 19.8 Å². The molecule has 26 heavy (non-hydrogen) atoms. The number of hydrogen-bond acceptors (Lipinski definition) is 10. The molecule has 0 saturated heterocycles. The van der Waals surface area contributed by atoms with Gasteiger partial charge >= 0.3 is 18.3 Å². The summed E-state index contributed by atoms with van der Waals surface area (Å²) < 4.78 is 29.9. The van der Waals surface area contributed by atoms with E-state index in [1.807, 2.05) is 0 Å². The Hall–Kier alpha value is -2.35. The molecule has 8 N–H and O–H groups in total. The Morgan fingerprint density at radius 2 is 0.923 bits per heavy atom. The number of nitrogens with two attached hydrogens (primary N) is 4. The number of amides is 3. The summed E-state index contributed by atoms with van der Waals surface area (Å²) in [5, 5.41) is 0. The minimum Gasteiger partial charge on any atom is -0.442 e. The van der Waals surface area contributed by atoms with Gasteiger partial charge in [-0.25, -0.2) is 14.4 Å². The summed E-state index contributed by atoms with van der Waals surface area (Å²) in [7, 11) is 3.87. The van der Waals surface area contributed by atoms with Crippen molar-refractivity contribution in [2.45, 2.75) is 23.9 Å². The fraction of sp³-hybridized carbons (Fsp3) is 0.769. The molecular weight excluding hydrogens is 356 g/mol. The van der Waals surface area contributed by atoms with Crippen LogP contribution in [0.15, 0.2) is 0 Å². The molecule has 0 saturated carbocycles. The first-order valence-electron chi connectivity index (χ1n) is 7.27. The monoisotopic (exact) mass is 382 g/mol. The van der Waals surface area contributed by atoms with Crippen molar-refractivity contribution in [2.75, 3.05) is 41.2 Å². The zero-order valence-corrected chi connectivity index (χ0v) is 14.8. The van der Waals surface area contributed by atoms with Crippen LogP contribution in [0.5, 0.6) is 0 Å². The van der Waals surface area contributed by atoms with Crippen molar-refractivity contribution in [2.24, 2.45) is 22.9 Å². The quantitative estimate of drug-likeness (QED) is 0.273. The molecule has 0 fully saturated rings. The highest BCUT2D eigenvalue weighted by atomic mass is 16.6. The molecule has 13 nitrogen and oxygen atoms in total. The first-order valence-corrected chi connectivity index (χ1v) is 7.27. The van der Waals surface area contributed by atoms with Crippen molar-refractivity contribution in [1.82, 2.24) is 0 Å². The van der Waals surface area contributed by atoms with Gasteiger partial charge in [0.05, 0.1) is 19.8 Å². The fourth-order valence-corrected chi connectivity index (χ4v) is 2.34. The number of primary amides is 3. The average Bonchev–Trinajstić information content (AvgIpc) is 2.51. The number of carbonyl (C=O) groups is 3. The van der Waals surface area contributed by atoms with Gasteiger partial charge in [-0.05, 0) is 0 Å². The summed E-state index contributed by atoms with van der Waals surface area (Å²) in [6.07, 6.45) is -7.68. The van der Waals surface area contributed by atoms with Crippen LogP contribution >= 0.6 is 0 Å². The number of methoxy groups -OCH3 is 3. The Labute approximate surface area is 150 Å². The SMILES string of the molecule is COCC(OC(N)=O)C(N)(C(COC)OC(N)=O)C(COC)OC(N)=O. The maximum absolute atomic E-state index is 11.3. The molecule has 0 aliphatic rings. The molecule has 0 aromatic heterocycles. The van der Waals surface area contributed by atoms with Gasteiger partial charge in [0.15, 0.2) is 18.3 Å². The normalized spacial score (nSPS) is 16.6. The van der Waals surface area contributed by atoms with Crippen LogP contribution in [-0.2, 0) is 28.4 Å². The molecule has 0 rings (SSSR count). The molecule has 0 aromatic rings. The Morgan fingerprint density at radius 3 is 1.08 bits per heavy atom.